The van der Waals surface area contributed by atoms with Gasteiger partial charge in [-0.05, 0) is 30.5 Å². The van der Waals surface area contributed by atoms with Crippen molar-refractivity contribution in [3.05, 3.63) is 28.7 Å². The first kappa shape index (κ1) is 13.5. The van der Waals surface area contributed by atoms with Crippen molar-refractivity contribution >= 4 is 37.4 Å². The van der Waals surface area contributed by atoms with Gasteiger partial charge in [0.05, 0.1) is 11.5 Å². The molecule has 1 fully saturated rings. The number of rotatable bonds is 3. The number of carbonyl (C=O) groups is 1. The second kappa shape index (κ2) is 5.40. The normalized spacial score (nSPS) is 21.7. The Labute approximate surface area is 115 Å². The Morgan fingerprint density at radius 3 is 2.83 bits per heavy atom. The van der Waals surface area contributed by atoms with E-state index in [9.17, 15) is 13.2 Å². The first-order chi connectivity index (χ1) is 8.44. The Kier molecular flexibility index (Phi) is 4.07. The molecule has 0 aromatic heterocycles. The van der Waals surface area contributed by atoms with Crippen molar-refractivity contribution in [2.45, 2.75) is 12.8 Å². The predicted molar refractivity (Wildman–Crippen MR) is 74.1 cm³/mol. The topological polar surface area (TPSA) is 63.2 Å². The summed E-state index contributed by atoms with van der Waals surface area (Å²) in [6.45, 7) is 0. The van der Waals surface area contributed by atoms with Crippen LogP contribution in [-0.2, 0) is 14.6 Å². The average molecular weight is 332 g/mol. The summed E-state index contributed by atoms with van der Waals surface area (Å²) in [5.41, 5.74) is 0.718. The van der Waals surface area contributed by atoms with Crippen LogP contribution in [0.2, 0.25) is 0 Å². The molecule has 0 spiro atoms. The van der Waals surface area contributed by atoms with Crippen molar-refractivity contribution in [1.29, 1.82) is 0 Å². The summed E-state index contributed by atoms with van der Waals surface area (Å²) < 4.78 is 23.5. The van der Waals surface area contributed by atoms with E-state index in [0.717, 1.165) is 10.2 Å². The van der Waals surface area contributed by atoms with Gasteiger partial charge in [0.25, 0.3) is 0 Å². The Balaban J connectivity index is 1.90. The zero-order valence-corrected chi connectivity index (χ0v) is 12.1. The molecule has 0 aliphatic carbocycles. The molecule has 1 aromatic carbocycles. The largest absolute Gasteiger partial charge is 0.326 e. The fourth-order valence-electron chi connectivity index (χ4n) is 2.07. The molecular formula is C12H14BrNO3S. The van der Waals surface area contributed by atoms with Gasteiger partial charge >= 0.3 is 0 Å². The smallest absolute Gasteiger partial charge is 0.224 e. The Bertz CT molecular complexity index is 556. The van der Waals surface area contributed by atoms with Crippen LogP contribution in [0, 0.1) is 5.92 Å². The van der Waals surface area contributed by atoms with Crippen LogP contribution in [-0.4, -0.2) is 25.8 Å². The maximum Gasteiger partial charge on any atom is 0.224 e. The number of benzene rings is 1. The molecule has 1 saturated heterocycles. The van der Waals surface area contributed by atoms with Crippen molar-refractivity contribution in [3.63, 3.8) is 0 Å². The van der Waals surface area contributed by atoms with Gasteiger partial charge in [0.15, 0.2) is 9.84 Å². The lowest BCUT2D eigenvalue weighted by Crippen LogP contribution is -2.17. The third-order valence-electron chi connectivity index (χ3n) is 2.91. The minimum atomic E-state index is -2.91. The molecule has 98 valence electrons. The minimum Gasteiger partial charge on any atom is -0.326 e. The number of carbonyl (C=O) groups excluding carboxylic acids is 1. The maximum atomic E-state index is 11.8. The molecule has 1 aliphatic rings. The Morgan fingerprint density at radius 1 is 1.44 bits per heavy atom. The van der Waals surface area contributed by atoms with Crippen LogP contribution in [0.25, 0.3) is 0 Å². The van der Waals surface area contributed by atoms with Gasteiger partial charge in [-0.15, -0.1) is 0 Å². The van der Waals surface area contributed by atoms with Crippen LogP contribution in [0.15, 0.2) is 28.7 Å². The quantitative estimate of drug-likeness (QED) is 0.923. The number of nitrogens with one attached hydrogen (secondary N) is 1. The molecule has 1 heterocycles. The highest BCUT2D eigenvalue weighted by Gasteiger charge is 2.29. The Morgan fingerprint density at radius 2 is 2.22 bits per heavy atom. The second-order valence-corrected chi connectivity index (χ2v) is 7.68. The van der Waals surface area contributed by atoms with E-state index in [1.807, 2.05) is 18.2 Å². The van der Waals surface area contributed by atoms with Crippen LogP contribution in [0.1, 0.15) is 12.8 Å². The number of sulfone groups is 1. The molecule has 0 saturated carbocycles. The van der Waals surface area contributed by atoms with Crippen LogP contribution in [0.3, 0.4) is 0 Å². The van der Waals surface area contributed by atoms with E-state index in [1.165, 1.54) is 0 Å². The van der Waals surface area contributed by atoms with Gasteiger partial charge in [-0.2, -0.15) is 0 Å². The van der Waals surface area contributed by atoms with Gasteiger partial charge in [0.1, 0.15) is 0 Å². The minimum absolute atomic E-state index is 0.0397. The van der Waals surface area contributed by atoms with Crippen LogP contribution in [0.4, 0.5) is 5.69 Å². The van der Waals surface area contributed by atoms with Crippen molar-refractivity contribution in [2.24, 2.45) is 5.92 Å². The first-order valence-corrected chi connectivity index (χ1v) is 8.32. The lowest BCUT2D eigenvalue weighted by atomic mass is 10.1. The van der Waals surface area contributed by atoms with E-state index in [4.69, 9.17) is 0 Å². The number of amides is 1. The molecule has 4 nitrogen and oxygen atoms in total. The molecule has 6 heteroatoms. The van der Waals surface area contributed by atoms with E-state index in [-0.39, 0.29) is 29.8 Å². The molecular weight excluding hydrogens is 318 g/mol. The number of hydrogen-bond acceptors (Lipinski definition) is 3. The van der Waals surface area contributed by atoms with E-state index in [2.05, 4.69) is 21.2 Å². The van der Waals surface area contributed by atoms with E-state index < -0.39 is 9.84 Å². The van der Waals surface area contributed by atoms with Gasteiger partial charge in [0.2, 0.25) is 5.91 Å². The molecule has 0 bridgehead atoms. The van der Waals surface area contributed by atoms with Crippen molar-refractivity contribution in [1.82, 2.24) is 0 Å². The Hall–Kier alpha value is -0.880. The van der Waals surface area contributed by atoms with Gasteiger partial charge in [0, 0.05) is 16.6 Å². The van der Waals surface area contributed by atoms with E-state index >= 15 is 0 Å². The molecule has 1 amide bonds. The summed E-state index contributed by atoms with van der Waals surface area (Å²) in [4.78, 5) is 11.8. The monoisotopic (exact) mass is 331 g/mol. The van der Waals surface area contributed by atoms with Crippen LogP contribution in [0.5, 0.6) is 0 Å². The third kappa shape index (κ3) is 3.81. The highest BCUT2D eigenvalue weighted by Crippen LogP contribution is 2.22. The summed E-state index contributed by atoms with van der Waals surface area (Å²) in [6, 6.07) is 7.32. The lowest BCUT2D eigenvalue weighted by Gasteiger charge is -2.08. The third-order valence-corrected chi connectivity index (χ3v) is 5.24. The van der Waals surface area contributed by atoms with Crippen molar-refractivity contribution < 1.29 is 13.2 Å². The lowest BCUT2D eigenvalue weighted by molar-refractivity contribution is -0.116. The molecule has 1 unspecified atom stereocenters. The SMILES string of the molecule is O=C(CC1CCS(=O)(=O)C1)Nc1cccc(Br)c1. The fourth-order valence-corrected chi connectivity index (χ4v) is 4.33. The zero-order chi connectivity index (χ0) is 13.2. The summed E-state index contributed by atoms with van der Waals surface area (Å²) in [7, 11) is -2.91. The van der Waals surface area contributed by atoms with Gasteiger partial charge in [-0.25, -0.2) is 8.42 Å². The summed E-state index contributed by atoms with van der Waals surface area (Å²) in [5, 5.41) is 2.77. The summed E-state index contributed by atoms with van der Waals surface area (Å²) >= 11 is 3.32. The highest BCUT2D eigenvalue weighted by molar-refractivity contribution is 9.10. The summed E-state index contributed by atoms with van der Waals surface area (Å²) in [5.74, 6) is 0.179. The van der Waals surface area contributed by atoms with E-state index in [0.29, 0.717) is 6.42 Å². The molecule has 2 rings (SSSR count). The van der Waals surface area contributed by atoms with Crippen molar-refractivity contribution in [3.8, 4) is 0 Å². The molecule has 1 aromatic rings. The molecule has 1 aliphatic heterocycles. The average Bonchev–Trinajstić information content (AvgIpc) is 2.57. The van der Waals surface area contributed by atoms with E-state index in [1.54, 1.807) is 6.07 Å². The number of anilines is 1. The van der Waals surface area contributed by atoms with Gasteiger partial charge in [-0.1, -0.05) is 22.0 Å². The molecule has 18 heavy (non-hydrogen) atoms. The predicted octanol–water partition coefficient (Wildman–Crippen LogP) is 2.21. The zero-order valence-electron chi connectivity index (χ0n) is 9.73. The first-order valence-electron chi connectivity index (χ1n) is 5.70. The molecule has 0 radical (unpaired) electrons. The van der Waals surface area contributed by atoms with Gasteiger partial charge < -0.3 is 5.32 Å². The maximum absolute atomic E-state index is 11.8. The summed E-state index contributed by atoms with van der Waals surface area (Å²) in [6.07, 6.45) is 0.861. The number of hydrogen-bond donors (Lipinski definition) is 1. The van der Waals surface area contributed by atoms with Gasteiger partial charge in [-0.3, -0.25) is 4.79 Å². The standard InChI is InChI=1S/C12H14BrNO3S/c13-10-2-1-3-11(7-10)14-12(15)6-9-4-5-18(16,17)8-9/h1-3,7,9H,4-6,8H2,(H,14,15). The highest BCUT2D eigenvalue weighted by atomic mass is 79.9. The number of halogens is 1. The van der Waals surface area contributed by atoms with Crippen LogP contribution < -0.4 is 5.32 Å². The fraction of sp³-hybridized carbons (Fsp3) is 0.417. The second-order valence-electron chi connectivity index (χ2n) is 4.53. The van der Waals surface area contributed by atoms with Crippen molar-refractivity contribution in [2.75, 3.05) is 16.8 Å². The van der Waals surface area contributed by atoms with Crippen LogP contribution >= 0.6 is 15.9 Å². The molecule has 1 atom stereocenters. The molecule has 1 N–H and O–H groups in total.